The molecule has 0 aliphatic rings. The van der Waals surface area contributed by atoms with Crippen LogP contribution in [0.5, 0.6) is 0 Å². The van der Waals surface area contributed by atoms with Gasteiger partial charge in [0, 0.05) is 12.6 Å². The summed E-state index contributed by atoms with van der Waals surface area (Å²) in [5.41, 5.74) is -1.02. The van der Waals surface area contributed by atoms with Crippen molar-refractivity contribution in [3.8, 4) is 0 Å². The number of nitrogens with one attached hydrogen (secondary N) is 1. The maximum absolute atomic E-state index is 13.8. The highest BCUT2D eigenvalue weighted by Crippen LogP contribution is 2.33. The van der Waals surface area contributed by atoms with E-state index < -0.39 is 52.0 Å². The minimum absolute atomic E-state index is 0.185. The van der Waals surface area contributed by atoms with Gasteiger partial charge < -0.3 is 10.2 Å². The molecule has 0 saturated heterocycles. The Morgan fingerprint density at radius 2 is 1.56 bits per heavy atom. The largest absolute Gasteiger partial charge is 0.416 e. The molecule has 7 nitrogen and oxygen atoms in total. The molecule has 0 aliphatic carbocycles. The average molecular weight is 594 g/mol. The fourth-order valence-corrected chi connectivity index (χ4v) is 5.35. The van der Waals surface area contributed by atoms with Crippen LogP contribution >= 0.6 is 0 Å². The summed E-state index contributed by atoms with van der Waals surface area (Å²) in [6.45, 7) is 4.01. The molecular weight excluding hydrogens is 562 g/mol. The van der Waals surface area contributed by atoms with Crippen LogP contribution in [0, 0.1) is 5.82 Å². The second-order valence-electron chi connectivity index (χ2n) is 9.51. The van der Waals surface area contributed by atoms with E-state index in [0.29, 0.717) is 22.4 Å². The molecule has 0 saturated carbocycles. The molecule has 2 amide bonds. The highest BCUT2D eigenvalue weighted by atomic mass is 32.2. The van der Waals surface area contributed by atoms with Crippen LogP contribution in [0.25, 0.3) is 0 Å². The maximum Gasteiger partial charge on any atom is 0.416 e. The molecule has 12 heteroatoms. The van der Waals surface area contributed by atoms with E-state index in [-0.39, 0.29) is 23.2 Å². The van der Waals surface area contributed by atoms with Crippen molar-refractivity contribution in [2.24, 2.45) is 0 Å². The normalized spacial score (nSPS) is 13.2. The number of amides is 2. The van der Waals surface area contributed by atoms with Crippen LogP contribution in [-0.4, -0.2) is 43.8 Å². The lowest BCUT2D eigenvalue weighted by molar-refractivity contribution is -0.139. The van der Waals surface area contributed by atoms with Gasteiger partial charge in [0.05, 0.1) is 16.1 Å². The Hall–Kier alpha value is -3.93. The van der Waals surface area contributed by atoms with Crippen LogP contribution in [0.15, 0.2) is 83.8 Å². The van der Waals surface area contributed by atoms with Gasteiger partial charge in [-0.25, -0.2) is 12.8 Å². The van der Waals surface area contributed by atoms with E-state index in [2.05, 4.69) is 5.32 Å². The number of rotatable bonds is 11. The molecule has 0 bridgehead atoms. The van der Waals surface area contributed by atoms with Gasteiger partial charge in [-0.3, -0.25) is 13.9 Å². The molecule has 0 aliphatic heterocycles. The minimum Gasteiger partial charge on any atom is -0.352 e. The number of nitrogens with zero attached hydrogens (tertiary/aromatic N) is 2. The first-order valence-electron chi connectivity index (χ1n) is 12.8. The maximum atomic E-state index is 13.8. The quantitative estimate of drug-likeness (QED) is 0.303. The van der Waals surface area contributed by atoms with Gasteiger partial charge in [-0.1, -0.05) is 43.3 Å². The van der Waals surface area contributed by atoms with Gasteiger partial charge in [0.25, 0.3) is 10.0 Å². The van der Waals surface area contributed by atoms with Crippen molar-refractivity contribution in [1.29, 1.82) is 0 Å². The molecule has 0 heterocycles. The molecule has 0 spiro atoms. The SMILES string of the molecule is CC[C@H](C)NC(=O)[C@@H](C)N(Cc1ccc(F)cc1)C(=O)CN(c1cccc(C(F)(F)F)c1)S(=O)(=O)c1ccccc1. The van der Waals surface area contributed by atoms with Crippen LogP contribution in [0.4, 0.5) is 23.2 Å². The van der Waals surface area contributed by atoms with E-state index in [1.54, 1.807) is 13.0 Å². The van der Waals surface area contributed by atoms with E-state index in [4.69, 9.17) is 0 Å². The van der Waals surface area contributed by atoms with Crippen LogP contribution < -0.4 is 9.62 Å². The molecule has 41 heavy (non-hydrogen) atoms. The number of hydrogen-bond donors (Lipinski definition) is 1. The monoisotopic (exact) mass is 593 g/mol. The van der Waals surface area contributed by atoms with Crippen LogP contribution in [0.1, 0.15) is 38.3 Å². The summed E-state index contributed by atoms with van der Waals surface area (Å²) in [5, 5.41) is 2.78. The van der Waals surface area contributed by atoms with Crippen molar-refractivity contribution >= 4 is 27.5 Å². The van der Waals surface area contributed by atoms with Crippen LogP contribution in [0.2, 0.25) is 0 Å². The first kappa shape index (κ1) is 31.6. The summed E-state index contributed by atoms with van der Waals surface area (Å²) < 4.78 is 82.1. The van der Waals surface area contributed by atoms with Crippen molar-refractivity contribution in [1.82, 2.24) is 10.2 Å². The summed E-state index contributed by atoms with van der Waals surface area (Å²) in [7, 11) is -4.52. The molecule has 2 atom stereocenters. The Morgan fingerprint density at radius 3 is 2.15 bits per heavy atom. The third-order valence-electron chi connectivity index (χ3n) is 6.51. The Bertz CT molecular complexity index is 1450. The van der Waals surface area contributed by atoms with Gasteiger partial charge in [-0.15, -0.1) is 0 Å². The van der Waals surface area contributed by atoms with Gasteiger partial charge in [-0.2, -0.15) is 13.2 Å². The Kier molecular flexibility index (Phi) is 10.1. The highest BCUT2D eigenvalue weighted by molar-refractivity contribution is 7.92. The Morgan fingerprint density at radius 1 is 0.927 bits per heavy atom. The van der Waals surface area contributed by atoms with Gasteiger partial charge in [0.15, 0.2) is 0 Å². The zero-order valence-corrected chi connectivity index (χ0v) is 23.5. The van der Waals surface area contributed by atoms with Crippen molar-refractivity contribution in [3.05, 3.63) is 95.8 Å². The Labute approximate surface area is 236 Å². The lowest BCUT2D eigenvalue weighted by atomic mass is 10.1. The van der Waals surface area contributed by atoms with E-state index >= 15 is 0 Å². The number of benzene rings is 3. The summed E-state index contributed by atoms with van der Waals surface area (Å²) in [6.07, 6.45) is -4.15. The summed E-state index contributed by atoms with van der Waals surface area (Å²) in [4.78, 5) is 27.7. The molecule has 1 N–H and O–H groups in total. The van der Waals surface area contributed by atoms with Crippen LogP contribution in [-0.2, 0) is 32.3 Å². The van der Waals surface area contributed by atoms with E-state index in [9.17, 15) is 35.6 Å². The number of carbonyl (C=O) groups is 2. The van der Waals surface area contributed by atoms with Gasteiger partial charge in [0.1, 0.15) is 18.4 Å². The van der Waals surface area contributed by atoms with Crippen molar-refractivity contribution in [3.63, 3.8) is 0 Å². The highest BCUT2D eigenvalue weighted by Gasteiger charge is 2.35. The number of sulfonamides is 1. The molecule has 0 radical (unpaired) electrons. The average Bonchev–Trinajstić information content (AvgIpc) is 2.95. The van der Waals surface area contributed by atoms with E-state index in [0.717, 1.165) is 23.1 Å². The minimum atomic E-state index is -4.76. The third kappa shape index (κ3) is 8.06. The van der Waals surface area contributed by atoms with Crippen LogP contribution in [0.3, 0.4) is 0 Å². The fraction of sp³-hybridized carbons (Fsp3) is 0.310. The number of halogens is 4. The Balaban J connectivity index is 2.07. The molecular formula is C29H31F4N3O4S. The lowest BCUT2D eigenvalue weighted by Crippen LogP contribution is -2.52. The third-order valence-corrected chi connectivity index (χ3v) is 8.29. The molecule has 0 unspecified atom stereocenters. The zero-order valence-electron chi connectivity index (χ0n) is 22.7. The molecule has 220 valence electrons. The van der Waals surface area contributed by atoms with Crippen molar-refractivity contribution < 1.29 is 35.6 Å². The number of carbonyl (C=O) groups excluding carboxylic acids is 2. The topological polar surface area (TPSA) is 86.8 Å². The van der Waals surface area contributed by atoms with Crippen molar-refractivity contribution in [2.45, 2.75) is 56.9 Å². The number of alkyl halides is 3. The summed E-state index contributed by atoms with van der Waals surface area (Å²) in [5.74, 6) is -1.87. The standard InChI is InChI=1S/C29H31F4N3O4S/c1-4-20(2)34-28(38)21(3)35(18-22-13-15-24(30)16-14-22)27(37)19-36(41(39,40)26-11-6-5-7-12-26)25-10-8-9-23(17-25)29(31,32)33/h5-17,20-21H,4,18-19H2,1-3H3,(H,34,38)/t20-,21+/m0/s1. The fourth-order valence-electron chi connectivity index (χ4n) is 3.92. The molecule has 0 fully saturated rings. The molecule has 3 aromatic rings. The summed E-state index contributed by atoms with van der Waals surface area (Å²) in [6, 6.07) is 14.5. The molecule has 0 aromatic heterocycles. The lowest BCUT2D eigenvalue weighted by Gasteiger charge is -2.32. The van der Waals surface area contributed by atoms with Crippen molar-refractivity contribution in [2.75, 3.05) is 10.8 Å². The first-order chi connectivity index (χ1) is 19.2. The second kappa shape index (κ2) is 13.2. The number of anilines is 1. The number of hydrogen-bond acceptors (Lipinski definition) is 4. The predicted octanol–water partition coefficient (Wildman–Crippen LogP) is 5.37. The predicted molar refractivity (Wildman–Crippen MR) is 147 cm³/mol. The van der Waals surface area contributed by atoms with E-state index in [1.165, 1.54) is 55.5 Å². The zero-order chi connectivity index (χ0) is 30.4. The second-order valence-corrected chi connectivity index (χ2v) is 11.4. The van der Waals surface area contributed by atoms with Gasteiger partial charge >= 0.3 is 6.18 Å². The first-order valence-corrected chi connectivity index (χ1v) is 14.3. The van der Waals surface area contributed by atoms with E-state index in [1.807, 2.05) is 6.92 Å². The smallest absolute Gasteiger partial charge is 0.352 e. The van der Waals surface area contributed by atoms with Gasteiger partial charge in [-0.05, 0) is 68.3 Å². The van der Waals surface area contributed by atoms with Gasteiger partial charge in [0.2, 0.25) is 11.8 Å². The summed E-state index contributed by atoms with van der Waals surface area (Å²) >= 11 is 0. The molecule has 3 rings (SSSR count). The molecule has 3 aromatic carbocycles.